The van der Waals surface area contributed by atoms with Crippen LogP contribution < -0.4 is 10.6 Å². The van der Waals surface area contributed by atoms with Gasteiger partial charge in [-0.25, -0.2) is 0 Å². The second-order valence-electron chi connectivity index (χ2n) is 5.05. The van der Waals surface area contributed by atoms with Crippen LogP contribution in [0.5, 0.6) is 0 Å². The quantitative estimate of drug-likeness (QED) is 0.518. The summed E-state index contributed by atoms with van der Waals surface area (Å²) in [6.45, 7) is -0.114. The number of rotatable bonds is 3. The van der Waals surface area contributed by atoms with Gasteiger partial charge in [0.05, 0.1) is 22.7 Å². The predicted octanol–water partition coefficient (Wildman–Crippen LogP) is 1.94. The fourth-order valence-corrected chi connectivity index (χ4v) is 3.17. The molecule has 2 N–H and O–H groups in total. The number of carbonyl (C=O) groups is 1. The second-order valence-corrected chi connectivity index (χ2v) is 6.46. The van der Waals surface area contributed by atoms with Crippen LogP contribution >= 0.6 is 0 Å². The summed E-state index contributed by atoms with van der Waals surface area (Å²) in [5.41, 5.74) is 4.39. The van der Waals surface area contributed by atoms with E-state index in [2.05, 4.69) is 0 Å². The lowest BCUT2D eigenvalue weighted by Gasteiger charge is -2.19. The van der Waals surface area contributed by atoms with Crippen molar-refractivity contribution in [3.05, 3.63) is 23.8 Å². The minimum atomic E-state index is -4.73. The number of amides is 1. The molecule has 2 rings (SSSR count). The number of hydrogen-bond donors (Lipinski definition) is 1. The molecule has 1 unspecified atom stereocenters. The Hall–Kier alpha value is -1.84. The van der Waals surface area contributed by atoms with Gasteiger partial charge in [0.25, 0.3) is 0 Å². The van der Waals surface area contributed by atoms with Crippen LogP contribution in [0.3, 0.4) is 0 Å². The molecule has 1 fully saturated rings. The second kappa shape index (κ2) is 5.41. The van der Waals surface area contributed by atoms with Crippen molar-refractivity contribution in [1.82, 2.24) is 0 Å². The number of hydrogen-bond acceptors (Lipinski definition) is 4. The SMILES string of the molecule is Nc1cc(C(F)(F)F)ccc1N1CC(CS(=O)(=O)F)CC1=O. The molecule has 22 heavy (non-hydrogen) atoms. The van der Waals surface area contributed by atoms with E-state index >= 15 is 0 Å². The van der Waals surface area contributed by atoms with E-state index in [1.54, 1.807) is 0 Å². The first kappa shape index (κ1) is 16.5. The van der Waals surface area contributed by atoms with Crippen LogP contribution in [0.2, 0.25) is 0 Å². The van der Waals surface area contributed by atoms with Gasteiger partial charge >= 0.3 is 16.4 Å². The molecule has 0 saturated carbocycles. The van der Waals surface area contributed by atoms with E-state index in [1.165, 1.54) is 0 Å². The highest BCUT2D eigenvalue weighted by Crippen LogP contribution is 2.36. The van der Waals surface area contributed by atoms with Crippen molar-refractivity contribution < 1.29 is 30.3 Å². The zero-order valence-electron chi connectivity index (χ0n) is 11.1. The highest BCUT2D eigenvalue weighted by Gasteiger charge is 2.36. The van der Waals surface area contributed by atoms with Gasteiger partial charge in [-0.15, -0.1) is 3.89 Å². The molecular weight excluding hydrogens is 328 g/mol. The van der Waals surface area contributed by atoms with Crippen LogP contribution in [0, 0.1) is 5.92 Å². The fraction of sp³-hybridized carbons (Fsp3) is 0.417. The summed E-state index contributed by atoms with van der Waals surface area (Å²) < 4.78 is 71.5. The summed E-state index contributed by atoms with van der Waals surface area (Å²) in [6, 6.07) is 2.52. The minimum Gasteiger partial charge on any atom is -0.397 e. The van der Waals surface area contributed by atoms with Gasteiger partial charge in [0.15, 0.2) is 0 Å². The fourth-order valence-electron chi connectivity index (χ4n) is 2.38. The van der Waals surface area contributed by atoms with Gasteiger partial charge in [-0.2, -0.15) is 21.6 Å². The highest BCUT2D eigenvalue weighted by atomic mass is 32.3. The third-order valence-electron chi connectivity index (χ3n) is 3.29. The maximum absolute atomic E-state index is 12.7. The zero-order valence-corrected chi connectivity index (χ0v) is 11.9. The lowest BCUT2D eigenvalue weighted by molar-refractivity contribution is -0.137. The van der Waals surface area contributed by atoms with E-state index < -0.39 is 39.5 Å². The molecule has 0 aliphatic carbocycles. The molecule has 5 nitrogen and oxygen atoms in total. The molecule has 0 aromatic heterocycles. The number of alkyl halides is 3. The van der Waals surface area contributed by atoms with Crippen molar-refractivity contribution in [2.24, 2.45) is 5.92 Å². The van der Waals surface area contributed by atoms with E-state index in [1.807, 2.05) is 0 Å². The van der Waals surface area contributed by atoms with Crippen LogP contribution in [0.25, 0.3) is 0 Å². The van der Waals surface area contributed by atoms with Gasteiger partial charge in [0.1, 0.15) is 0 Å². The number of benzene rings is 1. The molecule has 1 aliphatic heterocycles. The summed E-state index contributed by atoms with van der Waals surface area (Å²) in [4.78, 5) is 12.9. The van der Waals surface area contributed by atoms with Crippen molar-refractivity contribution in [2.45, 2.75) is 12.6 Å². The number of halogens is 4. The van der Waals surface area contributed by atoms with E-state index in [0.29, 0.717) is 6.07 Å². The third-order valence-corrected chi connectivity index (χ3v) is 4.16. The Morgan fingerprint density at radius 1 is 1.32 bits per heavy atom. The van der Waals surface area contributed by atoms with Gasteiger partial charge in [0, 0.05) is 18.9 Å². The monoisotopic (exact) mass is 340 g/mol. The first-order chi connectivity index (χ1) is 9.97. The number of carbonyl (C=O) groups excluding carboxylic acids is 1. The van der Waals surface area contributed by atoms with Crippen molar-refractivity contribution in [3.63, 3.8) is 0 Å². The summed E-state index contributed by atoms with van der Waals surface area (Å²) in [6.07, 6.45) is -4.77. The van der Waals surface area contributed by atoms with E-state index in [0.717, 1.165) is 17.0 Å². The molecule has 122 valence electrons. The molecule has 1 aliphatic rings. The summed E-state index contributed by atoms with van der Waals surface area (Å²) in [5.74, 6) is -2.08. The van der Waals surface area contributed by atoms with Crippen molar-refractivity contribution in [3.8, 4) is 0 Å². The first-order valence-corrected chi connectivity index (χ1v) is 7.72. The number of nitrogen functional groups attached to an aromatic ring is 1. The highest BCUT2D eigenvalue weighted by molar-refractivity contribution is 7.86. The van der Waals surface area contributed by atoms with Crippen molar-refractivity contribution >= 4 is 27.5 Å². The Morgan fingerprint density at radius 3 is 2.45 bits per heavy atom. The molecule has 1 heterocycles. The van der Waals surface area contributed by atoms with Gasteiger partial charge in [-0.05, 0) is 18.2 Å². The number of nitrogens with two attached hydrogens (primary N) is 1. The average molecular weight is 340 g/mol. The molecule has 1 saturated heterocycles. The van der Waals surface area contributed by atoms with Crippen LogP contribution in [0.15, 0.2) is 18.2 Å². The molecule has 1 aromatic carbocycles. The molecular formula is C12H12F4N2O3S. The Balaban J connectivity index is 2.24. The largest absolute Gasteiger partial charge is 0.416 e. The standard InChI is InChI=1S/C12H12F4N2O3S/c13-12(14,15)8-1-2-10(9(17)4-8)18-5-7(3-11(18)19)6-22(16,20)21/h1-2,4,7H,3,5-6,17H2. The number of anilines is 2. The maximum atomic E-state index is 12.7. The lowest BCUT2D eigenvalue weighted by atomic mass is 10.1. The Morgan fingerprint density at radius 2 is 1.95 bits per heavy atom. The molecule has 1 amide bonds. The van der Waals surface area contributed by atoms with Crippen LogP contribution in [0.4, 0.5) is 28.4 Å². The van der Waals surface area contributed by atoms with Crippen LogP contribution in [-0.2, 0) is 21.2 Å². The molecule has 0 spiro atoms. The summed E-state index contributed by atoms with van der Waals surface area (Å²) in [7, 11) is -4.73. The molecule has 0 bridgehead atoms. The Bertz CT molecular complexity index is 703. The zero-order chi connectivity index (χ0) is 16.7. The molecule has 1 atom stereocenters. The normalized spacial score (nSPS) is 19.7. The predicted molar refractivity (Wildman–Crippen MR) is 71.2 cm³/mol. The Labute approximate surface area is 123 Å². The van der Waals surface area contributed by atoms with Gasteiger partial charge in [0.2, 0.25) is 5.91 Å². The van der Waals surface area contributed by atoms with E-state index in [9.17, 15) is 30.3 Å². The van der Waals surface area contributed by atoms with Crippen molar-refractivity contribution in [2.75, 3.05) is 22.9 Å². The summed E-state index contributed by atoms with van der Waals surface area (Å²) in [5, 5.41) is 0. The minimum absolute atomic E-state index is 0.0526. The maximum Gasteiger partial charge on any atom is 0.416 e. The summed E-state index contributed by atoms with van der Waals surface area (Å²) >= 11 is 0. The van der Waals surface area contributed by atoms with Crippen LogP contribution in [0.1, 0.15) is 12.0 Å². The van der Waals surface area contributed by atoms with Crippen LogP contribution in [-0.4, -0.2) is 26.6 Å². The topological polar surface area (TPSA) is 80.5 Å². The van der Waals surface area contributed by atoms with E-state index in [-0.39, 0.29) is 24.3 Å². The van der Waals surface area contributed by atoms with Gasteiger partial charge in [-0.3, -0.25) is 4.79 Å². The molecule has 1 aromatic rings. The third kappa shape index (κ3) is 3.67. The number of nitrogens with zero attached hydrogens (tertiary/aromatic N) is 1. The Kier molecular flexibility index (Phi) is 4.07. The van der Waals surface area contributed by atoms with Gasteiger partial charge in [-0.1, -0.05) is 0 Å². The van der Waals surface area contributed by atoms with Crippen molar-refractivity contribution in [1.29, 1.82) is 0 Å². The first-order valence-electron chi connectivity index (χ1n) is 6.17. The average Bonchev–Trinajstić information content (AvgIpc) is 2.66. The smallest absolute Gasteiger partial charge is 0.397 e. The van der Waals surface area contributed by atoms with Gasteiger partial charge < -0.3 is 10.6 Å². The molecule has 0 radical (unpaired) electrons. The molecule has 10 heteroatoms. The lowest BCUT2D eigenvalue weighted by Crippen LogP contribution is -2.26. The van der Waals surface area contributed by atoms with E-state index in [4.69, 9.17) is 5.73 Å².